The van der Waals surface area contributed by atoms with E-state index in [-0.39, 0.29) is 18.4 Å². The molecule has 0 saturated carbocycles. The molecule has 4 rings (SSSR count). The number of hydrogen-bond donors (Lipinski definition) is 4. The predicted molar refractivity (Wildman–Crippen MR) is 124 cm³/mol. The molecule has 0 radical (unpaired) electrons. The number of hydrogen-bond acceptors (Lipinski definition) is 5. The number of nitrogens with zero attached hydrogens (tertiary/aromatic N) is 2. The smallest absolute Gasteiger partial charge is 0.271 e. The third-order valence-electron chi connectivity index (χ3n) is 4.90. The Bertz CT molecular complexity index is 1190. The first-order valence-corrected chi connectivity index (χ1v) is 10.2. The van der Waals surface area contributed by atoms with Gasteiger partial charge >= 0.3 is 0 Å². The minimum Gasteiger partial charge on any atom is -0.395 e. The van der Waals surface area contributed by atoms with Crippen LogP contribution in [0.4, 0.5) is 11.5 Å². The lowest BCUT2D eigenvalue weighted by Gasteiger charge is -2.09. The van der Waals surface area contributed by atoms with Crippen LogP contribution in [-0.4, -0.2) is 32.6 Å². The van der Waals surface area contributed by atoms with Gasteiger partial charge < -0.3 is 20.7 Å². The SMILES string of the molecule is O=C(N/C=C/[C@H](CO)c1ccccc1)c1cc(-c2cc(Nc3ccccc3)ncn2)c[nH]1. The molecule has 2 aromatic carbocycles. The summed E-state index contributed by atoms with van der Waals surface area (Å²) in [6.07, 6.45) is 6.54. The third kappa shape index (κ3) is 5.27. The van der Waals surface area contributed by atoms with Gasteiger partial charge in [-0.3, -0.25) is 4.79 Å². The Balaban J connectivity index is 1.41. The van der Waals surface area contributed by atoms with Crippen LogP contribution in [0.5, 0.6) is 0 Å². The quantitative estimate of drug-likeness (QED) is 0.338. The highest BCUT2D eigenvalue weighted by Crippen LogP contribution is 2.22. The minimum atomic E-state index is -0.283. The molecule has 7 nitrogen and oxygen atoms in total. The van der Waals surface area contributed by atoms with Crippen LogP contribution in [0, 0.1) is 0 Å². The summed E-state index contributed by atoms with van der Waals surface area (Å²) in [5, 5.41) is 15.6. The number of rotatable bonds is 8. The van der Waals surface area contributed by atoms with E-state index in [9.17, 15) is 9.90 Å². The summed E-state index contributed by atoms with van der Waals surface area (Å²) in [7, 11) is 0. The van der Waals surface area contributed by atoms with Crippen LogP contribution >= 0.6 is 0 Å². The van der Waals surface area contributed by atoms with E-state index in [4.69, 9.17) is 0 Å². The summed E-state index contributed by atoms with van der Waals surface area (Å²) in [5.41, 5.74) is 3.77. The van der Waals surface area contributed by atoms with Crippen LogP contribution in [0.1, 0.15) is 22.0 Å². The average Bonchev–Trinajstić information content (AvgIpc) is 3.34. The van der Waals surface area contributed by atoms with Gasteiger partial charge in [-0.15, -0.1) is 0 Å². The molecule has 0 fully saturated rings. The van der Waals surface area contributed by atoms with Crippen LogP contribution in [0.15, 0.2) is 97.6 Å². The monoisotopic (exact) mass is 425 g/mol. The fourth-order valence-electron chi connectivity index (χ4n) is 3.22. The summed E-state index contributed by atoms with van der Waals surface area (Å²) in [4.78, 5) is 24.0. The van der Waals surface area contributed by atoms with Crippen LogP contribution < -0.4 is 10.6 Å². The topological polar surface area (TPSA) is 103 Å². The van der Waals surface area contributed by atoms with Gasteiger partial charge in [-0.25, -0.2) is 9.97 Å². The Kier molecular flexibility index (Phi) is 6.69. The molecule has 0 aliphatic rings. The average molecular weight is 425 g/mol. The Labute approximate surface area is 185 Å². The van der Waals surface area contributed by atoms with Gasteiger partial charge in [0, 0.05) is 35.6 Å². The van der Waals surface area contributed by atoms with E-state index in [2.05, 4.69) is 25.6 Å². The lowest BCUT2D eigenvalue weighted by atomic mass is 10.0. The van der Waals surface area contributed by atoms with Crippen molar-refractivity contribution in [3.05, 3.63) is 109 Å². The number of anilines is 2. The molecule has 7 heteroatoms. The van der Waals surface area contributed by atoms with E-state index >= 15 is 0 Å². The number of nitrogens with one attached hydrogen (secondary N) is 3. The van der Waals surface area contributed by atoms with Crippen LogP contribution in [0.3, 0.4) is 0 Å². The molecule has 2 aromatic heterocycles. The first-order chi connectivity index (χ1) is 15.7. The Morgan fingerprint density at radius 1 is 1.03 bits per heavy atom. The maximum absolute atomic E-state index is 12.5. The van der Waals surface area contributed by atoms with Gasteiger partial charge in [0.15, 0.2) is 0 Å². The largest absolute Gasteiger partial charge is 0.395 e. The first kappa shape index (κ1) is 21.0. The Morgan fingerprint density at radius 2 is 1.78 bits per heavy atom. The Hall–Kier alpha value is -4.23. The van der Waals surface area contributed by atoms with Gasteiger partial charge in [-0.1, -0.05) is 54.6 Å². The van der Waals surface area contributed by atoms with Crippen molar-refractivity contribution in [3.63, 3.8) is 0 Å². The number of benzene rings is 2. The van der Waals surface area contributed by atoms with Gasteiger partial charge in [-0.05, 0) is 23.8 Å². The maximum atomic E-state index is 12.5. The highest BCUT2D eigenvalue weighted by molar-refractivity contribution is 5.94. The number of aliphatic hydroxyl groups excluding tert-OH is 1. The second-order valence-electron chi connectivity index (χ2n) is 7.11. The van der Waals surface area contributed by atoms with Crippen LogP contribution in [-0.2, 0) is 0 Å². The maximum Gasteiger partial charge on any atom is 0.271 e. The first-order valence-electron chi connectivity index (χ1n) is 10.2. The van der Waals surface area contributed by atoms with Gasteiger partial charge in [0.2, 0.25) is 0 Å². The highest BCUT2D eigenvalue weighted by Gasteiger charge is 2.11. The van der Waals surface area contributed by atoms with E-state index in [0.717, 1.165) is 16.8 Å². The molecular formula is C25H23N5O2. The molecule has 0 bridgehead atoms. The second kappa shape index (κ2) is 10.2. The van der Waals surface area contributed by atoms with Crippen molar-refractivity contribution in [2.24, 2.45) is 0 Å². The highest BCUT2D eigenvalue weighted by atomic mass is 16.3. The molecule has 160 valence electrons. The minimum absolute atomic E-state index is 0.0455. The van der Waals surface area contributed by atoms with Crippen molar-refractivity contribution in [2.75, 3.05) is 11.9 Å². The molecule has 1 atom stereocenters. The number of carbonyl (C=O) groups is 1. The third-order valence-corrected chi connectivity index (χ3v) is 4.90. The van der Waals surface area contributed by atoms with Crippen molar-refractivity contribution in [1.29, 1.82) is 0 Å². The van der Waals surface area contributed by atoms with Crippen molar-refractivity contribution in [1.82, 2.24) is 20.3 Å². The molecular weight excluding hydrogens is 402 g/mol. The standard InChI is InChI=1S/C25H23N5O2/c31-16-19(18-7-3-1-4-8-18)11-12-26-25(32)23-13-20(15-27-23)22-14-24(29-17-28-22)30-21-9-5-2-6-10-21/h1-15,17,19,27,31H,16H2,(H,26,32)(H,28,29,30)/b12-11+/t19-/m1/s1. The Morgan fingerprint density at radius 3 is 2.53 bits per heavy atom. The van der Waals surface area contributed by atoms with Crippen molar-refractivity contribution in [2.45, 2.75) is 5.92 Å². The number of aliphatic hydroxyl groups is 1. The molecule has 0 unspecified atom stereocenters. The molecule has 0 aliphatic carbocycles. The molecule has 0 saturated heterocycles. The van der Waals surface area contributed by atoms with Crippen molar-refractivity contribution >= 4 is 17.4 Å². The second-order valence-corrected chi connectivity index (χ2v) is 7.11. The van der Waals surface area contributed by atoms with E-state index < -0.39 is 0 Å². The summed E-state index contributed by atoms with van der Waals surface area (Å²) in [6.45, 7) is -0.0455. The fraction of sp³-hybridized carbons (Fsp3) is 0.0800. The summed E-state index contributed by atoms with van der Waals surface area (Å²) < 4.78 is 0. The number of H-pyrrole nitrogens is 1. The zero-order valence-electron chi connectivity index (χ0n) is 17.3. The normalized spacial score (nSPS) is 11.9. The van der Waals surface area contributed by atoms with Gasteiger partial charge in [0.25, 0.3) is 5.91 Å². The number of amides is 1. The van der Waals surface area contributed by atoms with Gasteiger partial charge in [-0.2, -0.15) is 0 Å². The van der Waals surface area contributed by atoms with E-state index in [1.54, 1.807) is 24.5 Å². The summed E-state index contributed by atoms with van der Waals surface area (Å²) in [6, 6.07) is 22.9. The summed E-state index contributed by atoms with van der Waals surface area (Å²) >= 11 is 0. The number of aromatic nitrogens is 3. The van der Waals surface area contributed by atoms with Crippen LogP contribution in [0.25, 0.3) is 11.3 Å². The lowest BCUT2D eigenvalue weighted by Crippen LogP contribution is -2.17. The van der Waals surface area contributed by atoms with E-state index in [1.807, 2.05) is 66.7 Å². The van der Waals surface area contributed by atoms with Crippen molar-refractivity contribution < 1.29 is 9.90 Å². The van der Waals surface area contributed by atoms with Crippen molar-refractivity contribution in [3.8, 4) is 11.3 Å². The molecule has 0 aliphatic heterocycles. The number of aromatic amines is 1. The zero-order valence-corrected chi connectivity index (χ0v) is 17.3. The fourth-order valence-corrected chi connectivity index (χ4v) is 3.22. The van der Waals surface area contributed by atoms with Gasteiger partial charge in [0.1, 0.15) is 17.8 Å². The predicted octanol–water partition coefficient (Wildman–Crippen LogP) is 4.23. The lowest BCUT2D eigenvalue weighted by molar-refractivity contribution is 0.0965. The number of carbonyl (C=O) groups excluding carboxylic acids is 1. The van der Waals surface area contributed by atoms with E-state index in [0.29, 0.717) is 17.2 Å². The molecule has 32 heavy (non-hydrogen) atoms. The molecule has 0 spiro atoms. The molecule has 2 heterocycles. The van der Waals surface area contributed by atoms with Crippen LogP contribution in [0.2, 0.25) is 0 Å². The molecule has 1 amide bonds. The molecule has 4 aromatic rings. The number of para-hydroxylation sites is 1. The summed E-state index contributed by atoms with van der Waals surface area (Å²) in [5.74, 6) is 0.188. The van der Waals surface area contributed by atoms with E-state index in [1.165, 1.54) is 6.33 Å². The van der Waals surface area contributed by atoms with Gasteiger partial charge in [0.05, 0.1) is 12.3 Å². The zero-order chi connectivity index (χ0) is 22.2. The molecule has 4 N–H and O–H groups in total.